The van der Waals surface area contributed by atoms with Crippen LogP contribution in [0.3, 0.4) is 0 Å². The zero-order valence-electron chi connectivity index (χ0n) is 3.94. The third-order valence-electron chi connectivity index (χ3n) is 1.06. The Bertz CT molecular complexity index is 81.9. The molecule has 0 aromatic carbocycles. The van der Waals surface area contributed by atoms with Crippen molar-refractivity contribution in [3.63, 3.8) is 0 Å². The Hall–Kier alpha value is -0.195. The first-order chi connectivity index (χ1) is 2.71. The zero-order valence-corrected chi connectivity index (χ0v) is 3.94. The van der Waals surface area contributed by atoms with Crippen LogP contribution in [0, 0.1) is 0 Å². The first-order valence-electron chi connectivity index (χ1n) is 2.17. The molecule has 0 aromatic rings. The SMILES string of the molecule is [B]C1(C)C=CC1. The van der Waals surface area contributed by atoms with E-state index < -0.39 is 0 Å². The Morgan fingerprint density at radius 1 is 1.83 bits per heavy atom. The molecule has 0 N–H and O–H groups in total. The minimum atomic E-state index is 0.0417. The van der Waals surface area contributed by atoms with Crippen molar-refractivity contribution in [2.45, 2.75) is 18.7 Å². The Balaban J connectivity index is 2.57. The molecule has 1 unspecified atom stereocenters. The van der Waals surface area contributed by atoms with Gasteiger partial charge in [-0.3, -0.25) is 0 Å². The molecule has 0 aliphatic heterocycles. The number of hydrogen-bond donors (Lipinski definition) is 0. The maximum atomic E-state index is 5.53. The van der Waals surface area contributed by atoms with Gasteiger partial charge in [-0.15, -0.1) is 0 Å². The molecule has 1 aliphatic carbocycles. The fourth-order valence-electron chi connectivity index (χ4n) is 0.490. The topological polar surface area (TPSA) is 0 Å². The van der Waals surface area contributed by atoms with E-state index in [1.807, 2.05) is 13.0 Å². The zero-order chi connectivity index (χ0) is 4.62. The standard InChI is InChI=1S/C5H7B/c1-5(6)3-2-4-5/h2-3H,4H2,1H3. The molecule has 0 aromatic heterocycles. The lowest BCUT2D eigenvalue weighted by atomic mass is 9.62. The highest BCUT2D eigenvalue weighted by molar-refractivity contribution is 6.17. The molecule has 1 rings (SSSR count). The predicted octanol–water partition coefficient (Wildman–Crippen LogP) is 1.29. The van der Waals surface area contributed by atoms with Gasteiger partial charge in [-0.1, -0.05) is 19.1 Å². The van der Waals surface area contributed by atoms with E-state index in [1.165, 1.54) is 0 Å². The highest BCUT2D eigenvalue weighted by atomic mass is 14.2. The summed E-state index contributed by atoms with van der Waals surface area (Å²) in [6, 6.07) is 0. The summed E-state index contributed by atoms with van der Waals surface area (Å²) in [5.74, 6) is 0. The van der Waals surface area contributed by atoms with E-state index in [2.05, 4.69) is 6.08 Å². The second-order valence-electron chi connectivity index (χ2n) is 2.11. The molecule has 0 amide bonds. The quantitative estimate of drug-likeness (QED) is 0.302. The van der Waals surface area contributed by atoms with Crippen molar-refractivity contribution in [3.8, 4) is 0 Å². The van der Waals surface area contributed by atoms with E-state index in [9.17, 15) is 0 Å². The fourth-order valence-corrected chi connectivity index (χ4v) is 0.490. The van der Waals surface area contributed by atoms with Crippen LogP contribution in [0.4, 0.5) is 0 Å². The molecule has 1 heteroatoms. The van der Waals surface area contributed by atoms with Crippen molar-refractivity contribution in [1.29, 1.82) is 0 Å². The van der Waals surface area contributed by atoms with Crippen LogP contribution in [-0.2, 0) is 0 Å². The van der Waals surface area contributed by atoms with Crippen molar-refractivity contribution in [1.82, 2.24) is 0 Å². The van der Waals surface area contributed by atoms with E-state index >= 15 is 0 Å². The normalized spacial score (nSPS) is 42.2. The summed E-state index contributed by atoms with van der Waals surface area (Å²) in [5, 5.41) is 0.0417. The second kappa shape index (κ2) is 0.897. The molecule has 2 radical (unpaired) electrons. The van der Waals surface area contributed by atoms with E-state index in [-0.39, 0.29) is 5.31 Å². The molecule has 0 heterocycles. The van der Waals surface area contributed by atoms with Crippen LogP contribution in [0.15, 0.2) is 12.2 Å². The third-order valence-corrected chi connectivity index (χ3v) is 1.06. The summed E-state index contributed by atoms with van der Waals surface area (Å²) in [4.78, 5) is 0. The maximum Gasteiger partial charge on any atom is 0.0802 e. The van der Waals surface area contributed by atoms with Gasteiger partial charge in [0.1, 0.15) is 0 Å². The van der Waals surface area contributed by atoms with Gasteiger partial charge in [-0.05, 0) is 11.7 Å². The van der Waals surface area contributed by atoms with Crippen LogP contribution in [-0.4, -0.2) is 7.85 Å². The third kappa shape index (κ3) is 0.491. The van der Waals surface area contributed by atoms with Crippen LogP contribution in [0.1, 0.15) is 13.3 Å². The highest BCUT2D eigenvalue weighted by Gasteiger charge is 2.16. The van der Waals surface area contributed by atoms with E-state index in [4.69, 9.17) is 7.85 Å². The minimum absolute atomic E-state index is 0.0417. The highest BCUT2D eigenvalue weighted by Crippen LogP contribution is 2.35. The Labute approximate surface area is 39.7 Å². The van der Waals surface area contributed by atoms with Gasteiger partial charge in [0.2, 0.25) is 0 Å². The Morgan fingerprint density at radius 3 is 2.17 bits per heavy atom. The summed E-state index contributed by atoms with van der Waals surface area (Å²) in [5.41, 5.74) is 0. The smallest absolute Gasteiger partial charge is 0.0802 e. The molecule has 6 heavy (non-hydrogen) atoms. The predicted molar refractivity (Wildman–Crippen MR) is 27.9 cm³/mol. The molecule has 1 atom stereocenters. The van der Waals surface area contributed by atoms with Crippen LogP contribution >= 0.6 is 0 Å². The van der Waals surface area contributed by atoms with E-state index in [0.29, 0.717) is 0 Å². The monoisotopic (exact) mass is 78.1 g/mol. The van der Waals surface area contributed by atoms with Crippen LogP contribution in [0.2, 0.25) is 5.31 Å². The second-order valence-corrected chi connectivity index (χ2v) is 2.11. The Kier molecular flexibility index (Phi) is 0.595. The van der Waals surface area contributed by atoms with Gasteiger partial charge in [-0.25, -0.2) is 0 Å². The van der Waals surface area contributed by atoms with E-state index in [1.54, 1.807) is 0 Å². The molecule has 0 nitrogen and oxygen atoms in total. The van der Waals surface area contributed by atoms with Crippen molar-refractivity contribution in [3.05, 3.63) is 12.2 Å². The number of allylic oxidation sites excluding steroid dienone is 2. The molecule has 0 fully saturated rings. The largest absolute Gasteiger partial charge is 0.0910 e. The summed E-state index contributed by atoms with van der Waals surface area (Å²) < 4.78 is 0. The van der Waals surface area contributed by atoms with Gasteiger partial charge < -0.3 is 0 Å². The molecule has 30 valence electrons. The van der Waals surface area contributed by atoms with Crippen molar-refractivity contribution < 1.29 is 0 Å². The van der Waals surface area contributed by atoms with Gasteiger partial charge >= 0.3 is 0 Å². The molecule has 0 spiro atoms. The molecular weight excluding hydrogens is 70.9 g/mol. The number of rotatable bonds is 0. The molecule has 0 saturated heterocycles. The number of hydrogen-bond acceptors (Lipinski definition) is 0. The van der Waals surface area contributed by atoms with Crippen molar-refractivity contribution in [2.24, 2.45) is 0 Å². The summed E-state index contributed by atoms with van der Waals surface area (Å²) in [7, 11) is 5.53. The first kappa shape index (κ1) is 3.98. The molecular formula is C5H7B. The van der Waals surface area contributed by atoms with E-state index in [0.717, 1.165) is 6.42 Å². The maximum absolute atomic E-state index is 5.53. The van der Waals surface area contributed by atoms with Crippen molar-refractivity contribution >= 4 is 7.85 Å². The average Bonchev–Trinajstić information content (AvgIpc) is 1.32. The first-order valence-corrected chi connectivity index (χ1v) is 2.17. The van der Waals surface area contributed by atoms with Crippen molar-refractivity contribution in [2.75, 3.05) is 0 Å². The summed E-state index contributed by atoms with van der Waals surface area (Å²) in [6.07, 6.45) is 5.15. The summed E-state index contributed by atoms with van der Waals surface area (Å²) >= 11 is 0. The van der Waals surface area contributed by atoms with Crippen LogP contribution in [0.25, 0.3) is 0 Å². The average molecular weight is 77.9 g/mol. The van der Waals surface area contributed by atoms with Gasteiger partial charge in [0, 0.05) is 0 Å². The molecule has 0 saturated carbocycles. The lowest BCUT2D eigenvalue weighted by Crippen LogP contribution is -2.08. The minimum Gasteiger partial charge on any atom is -0.0910 e. The molecule has 0 bridgehead atoms. The summed E-state index contributed by atoms with van der Waals surface area (Å²) in [6.45, 7) is 2.02. The van der Waals surface area contributed by atoms with Gasteiger partial charge in [0.15, 0.2) is 0 Å². The van der Waals surface area contributed by atoms with Gasteiger partial charge in [0.25, 0.3) is 0 Å². The van der Waals surface area contributed by atoms with Crippen LogP contribution in [0.5, 0.6) is 0 Å². The molecule has 1 aliphatic rings. The van der Waals surface area contributed by atoms with Gasteiger partial charge in [0.05, 0.1) is 7.85 Å². The van der Waals surface area contributed by atoms with Gasteiger partial charge in [-0.2, -0.15) is 0 Å². The van der Waals surface area contributed by atoms with Crippen LogP contribution < -0.4 is 0 Å². The fraction of sp³-hybridized carbons (Fsp3) is 0.600. The lowest BCUT2D eigenvalue weighted by molar-refractivity contribution is 0.709. The Morgan fingerprint density at radius 2 is 2.17 bits per heavy atom. The lowest BCUT2D eigenvalue weighted by Gasteiger charge is -2.25.